The van der Waals surface area contributed by atoms with Crippen molar-refractivity contribution in [2.45, 2.75) is 31.1 Å². The van der Waals surface area contributed by atoms with Crippen molar-refractivity contribution in [1.29, 1.82) is 0 Å². The minimum absolute atomic E-state index is 0.0940. The number of carbonyl (C=O) groups is 3. The molecule has 2 bridgehead atoms. The number of alkyl halides is 2. The summed E-state index contributed by atoms with van der Waals surface area (Å²) < 4.78 is 65.7. The van der Waals surface area contributed by atoms with E-state index in [0.29, 0.717) is 6.42 Å². The number of ketones is 1. The molecule has 8 nitrogen and oxygen atoms in total. The number of carbonyl (C=O) groups excluding carboxylic acids is 3. The van der Waals surface area contributed by atoms with E-state index in [-0.39, 0.29) is 24.0 Å². The Labute approximate surface area is 141 Å². The molecule has 6 atom stereocenters. The molecule has 2 saturated carbocycles. The fraction of sp³-hybridized carbons (Fsp3) is 0.786. The molecule has 0 aromatic rings. The predicted molar refractivity (Wildman–Crippen MR) is 74.7 cm³/mol. The van der Waals surface area contributed by atoms with Crippen LogP contribution < -0.4 is 0 Å². The van der Waals surface area contributed by atoms with E-state index >= 15 is 0 Å². The van der Waals surface area contributed by atoms with Gasteiger partial charge >= 0.3 is 27.3 Å². The molecule has 0 aromatic heterocycles. The molecule has 11 heteroatoms. The van der Waals surface area contributed by atoms with Gasteiger partial charge in [0.1, 0.15) is 11.9 Å². The zero-order chi connectivity index (χ0) is 18.7. The number of ether oxygens (including phenoxy) is 2. The zero-order valence-electron chi connectivity index (χ0n) is 13.1. The standard InChI is InChI=1S/C14H16F2O8S/c1-5(17)2-7-6-3-8-10(13(19)24-11(7)8)9(6)12(18)23-4-14(15,16)25(20,21)22/h6-11H,2-4H2,1H3,(H,20,21,22). The summed E-state index contributed by atoms with van der Waals surface area (Å²) in [6.07, 6.45) is 0.0688. The van der Waals surface area contributed by atoms with Gasteiger partial charge in [-0.15, -0.1) is 0 Å². The highest BCUT2D eigenvalue weighted by Gasteiger charge is 2.68. The number of Topliss-reactive ketones (excluding diaryl/α,β-unsaturated/α-hetero) is 1. The monoisotopic (exact) mass is 382 g/mol. The fourth-order valence-corrected chi connectivity index (χ4v) is 4.64. The van der Waals surface area contributed by atoms with Crippen molar-refractivity contribution in [2.24, 2.45) is 29.6 Å². The van der Waals surface area contributed by atoms with Crippen LogP contribution in [0.2, 0.25) is 0 Å². The number of rotatable bonds is 6. The molecule has 3 aliphatic rings. The maximum absolute atomic E-state index is 13.2. The molecule has 1 aliphatic heterocycles. The molecule has 0 aromatic carbocycles. The molecule has 1 heterocycles. The second-order valence-electron chi connectivity index (χ2n) is 6.81. The summed E-state index contributed by atoms with van der Waals surface area (Å²) in [5, 5.41) is -4.64. The Morgan fingerprint density at radius 2 is 2.00 bits per heavy atom. The average Bonchev–Trinajstić information content (AvgIpc) is 3.06. The van der Waals surface area contributed by atoms with Crippen molar-refractivity contribution < 1.29 is 45.6 Å². The summed E-state index contributed by atoms with van der Waals surface area (Å²) in [6.45, 7) is -0.485. The van der Waals surface area contributed by atoms with Crippen LogP contribution in [-0.4, -0.2) is 48.7 Å². The maximum atomic E-state index is 13.2. The van der Waals surface area contributed by atoms with E-state index in [1.165, 1.54) is 6.92 Å². The molecular formula is C14H16F2O8S. The Balaban J connectivity index is 1.77. The number of hydrogen-bond acceptors (Lipinski definition) is 7. The number of esters is 2. The van der Waals surface area contributed by atoms with Gasteiger partial charge in [-0.3, -0.25) is 14.1 Å². The van der Waals surface area contributed by atoms with Gasteiger partial charge in [-0.2, -0.15) is 17.2 Å². The van der Waals surface area contributed by atoms with Gasteiger partial charge in [-0.1, -0.05) is 0 Å². The van der Waals surface area contributed by atoms with Crippen LogP contribution in [0.4, 0.5) is 8.78 Å². The van der Waals surface area contributed by atoms with Crippen LogP contribution in [0, 0.1) is 29.6 Å². The topological polar surface area (TPSA) is 124 Å². The molecular weight excluding hydrogens is 366 g/mol. The van der Waals surface area contributed by atoms with Crippen molar-refractivity contribution >= 4 is 27.8 Å². The average molecular weight is 382 g/mol. The molecule has 6 unspecified atom stereocenters. The Morgan fingerprint density at radius 3 is 2.56 bits per heavy atom. The lowest BCUT2D eigenvalue weighted by Crippen LogP contribution is -2.41. The van der Waals surface area contributed by atoms with Crippen LogP contribution in [0.25, 0.3) is 0 Å². The molecule has 3 rings (SSSR count). The first-order chi connectivity index (χ1) is 11.4. The highest BCUT2D eigenvalue weighted by molar-refractivity contribution is 7.86. The Morgan fingerprint density at radius 1 is 1.36 bits per heavy atom. The van der Waals surface area contributed by atoms with Crippen LogP contribution in [0.3, 0.4) is 0 Å². The molecule has 140 valence electrons. The normalized spacial score (nSPS) is 36.4. The third kappa shape index (κ3) is 2.82. The second kappa shape index (κ2) is 5.70. The summed E-state index contributed by atoms with van der Waals surface area (Å²) in [5.74, 6) is -4.91. The smallest absolute Gasteiger partial charge is 0.402 e. The minimum Gasteiger partial charge on any atom is -0.461 e. The minimum atomic E-state index is -5.73. The van der Waals surface area contributed by atoms with Crippen molar-refractivity contribution in [1.82, 2.24) is 0 Å². The van der Waals surface area contributed by atoms with Gasteiger partial charge in [0, 0.05) is 18.3 Å². The van der Waals surface area contributed by atoms with Crippen LogP contribution in [0.15, 0.2) is 0 Å². The maximum Gasteiger partial charge on any atom is 0.402 e. The van der Waals surface area contributed by atoms with E-state index in [9.17, 15) is 31.6 Å². The molecule has 1 saturated heterocycles. The molecule has 25 heavy (non-hydrogen) atoms. The Hall–Kier alpha value is -1.62. The van der Waals surface area contributed by atoms with Gasteiger partial charge in [0.05, 0.1) is 11.8 Å². The summed E-state index contributed by atoms with van der Waals surface area (Å²) in [5.41, 5.74) is 0. The molecule has 2 aliphatic carbocycles. The first kappa shape index (κ1) is 18.2. The number of halogens is 2. The highest BCUT2D eigenvalue weighted by atomic mass is 32.2. The van der Waals surface area contributed by atoms with Crippen LogP contribution >= 0.6 is 0 Å². The van der Waals surface area contributed by atoms with Crippen molar-refractivity contribution in [3.05, 3.63) is 0 Å². The molecule has 0 amide bonds. The van der Waals surface area contributed by atoms with E-state index in [2.05, 4.69) is 4.74 Å². The Bertz CT molecular complexity index is 733. The number of fused-ring (bicyclic) bond motifs is 1. The highest BCUT2D eigenvalue weighted by Crippen LogP contribution is 2.61. The van der Waals surface area contributed by atoms with Crippen LogP contribution in [0.5, 0.6) is 0 Å². The van der Waals surface area contributed by atoms with E-state index in [0.717, 1.165) is 0 Å². The van der Waals surface area contributed by atoms with Crippen molar-refractivity contribution in [2.75, 3.05) is 6.61 Å². The van der Waals surface area contributed by atoms with E-state index in [1.807, 2.05) is 0 Å². The number of hydrogen-bond donors (Lipinski definition) is 1. The summed E-state index contributed by atoms with van der Waals surface area (Å²) in [6, 6.07) is 0. The summed E-state index contributed by atoms with van der Waals surface area (Å²) >= 11 is 0. The van der Waals surface area contributed by atoms with Crippen LogP contribution in [0.1, 0.15) is 19.8 Å². The molecule has 3 fully saturated rings. The first-order valence-electron chi connectivity index (χ1n) is 7.65. The van der Waals surface area contributed by atoms with Gasteiger partial charge in [0.15, 0.2) is 6.61 Å². The van der Waals surface area contributed by atoms with E-state index in [4.69, 9.17) is 9.29 Å². The quantitative estimate of drug-likeness (QED) is 0.518. The van der Waals surface area contributed by atoms with Gasteiger partial charge < -0.3 is 14.3 Å². The van der Waals surface area contributed by atoms with Gasteiger partial charge in [-0.25, -0.2) is 0 Å². The third-order valence-corrected chi connectivity index (χ3v) is 6.20. The zero-order valence-corrected chi connectivity index (χ0v) is 13.9. The molecule has 0 radical (unpaired) electrons. The molecule has 1 N–H and O–H groups in total. The van der Waals surface area contributed by atoms with Crippen molar-refractivity contribution in [3.63, 3.8) is 0 Å². The summed E-state index contributed by atoms with van der Waals surface area (Å²) in [4.78, 5) is 35.7. The predicted octanol–water partition coefficient (Wildman–Crippen LogP) is 0.413. The SMILES string of the molecule is CC(=O)CC1C2CC3C1OC(=O)C3C2C(=O)OCC(F)(F)S(=O)(=O)O. The van der Waals surface area contributed by atoms with E-state index in [1.54, 1.807) is 0 Å². The molecule has 0 spiro atoms. The van der Waals surface area contributed by atoms with E-state index < -0.39 is 57.8 Å². The summed E-state index contributed by atoms with van der Waals surface area (Å²) in [7, 11) is -5.73. The second-order valence-corrected chi connectivity index (χ2v) is 8.35. The fourth-order valence-electron chi connectivity index (χ4n) is 4.44. The largest absolute Gasteiger partial charge is 0.461 e. The van der Waals surface area contributed by atoms with Crippen molar-refractivity contribution in [3.8, 4) is 0 Å². The lowest BCUT2D eigenvalue weighted by Gasteiger charge is -2.30. The lowest BCUT2D eigenvalue weighted by molar-refractivity contribution is -0.160. The third-order valence-electron chi connectivity index (χ3n) is 5.33. The van der Waals surface area contributed by atoms with Gasteiger partial charge in [0.2, 0.25) is 0 Å². The first-order valence-corrected chi connectivity index (χ1v) is 9.09. The van der Waals surface area contributed by atoms with Crippen LogP contribution in [-0.2, 0) is 34.0 Å². The Kier molecular flexibility index (Phi) is 4.14. The lowest BCUT2D eigenvalue weighted by atomic mass is 9.72. The van der Waals surface area contributed by atoms with Gasteiger partial charge in [-0.05, 0) is 19.3 Å². The van der Waals surface area contributed by atoms with Gasteiger partial charge in [0.25, 0.3) is 0 Å².